The van der Waals surface area contributed by atoms with Gasteiger partial charge >= 0.3 is 6.18 Å². The molecule has 2 aromatic carbocycles. The molecule has 1 atom stereocenters. The first-order chi connectivity index (χ1) is 16.0. The first-order valence-electron chi connectivity index (χ1n) is 10.4. The fourth-order valence-corrected chi connectivity index (χ4v) is 3.65. The lowest BCUT2D eigenvalue weighted by molar-refractivity contribution is -0.137. The average molecular weight is 495 g/mol. The van der Waals surface area contributed by atoms with E-state index in [1.807, 2.05) is 6.92 Å². The van der Waals surface area contributed by atoms with Crippen molar-refractivity contribution >= 4 is 33.2 Å². The lowest BCUT2D eigenvalue weighted by Gasteiger charge is -2.16. The first kappa shape index (κ1) is 25.2. The molecule has 0 saturated heterocycles. The summed E-state index contributed by atoms with van der Waals surface area (Å²) < 4.78 is 67.0. The van der Waals surface area contributed by atoms with Gasteiger partial charge in [-0.3, -0.25) is 4.72 Å². The summed E-state index contributed by atoms with van der Waals surface area (Å²) in [7, 11) is -3.56. The van der Waals surface area contributed by atoms with Gasteiger partial charge in [-0.15, -0.1) is 0 Å². The van der Waals surface area contributed by atoms with E-state index in [-0.39, 0.29) is 30.0 Å². The van der Waals surface area contributed by atoms with Crippen molar-refractivity contribution in [2.45, 2.75) is 32.6 Å². The van der Waals surface area contributed by atoms with E-state index in [0.29, 0.717) is 17.4 Å². The molecule has 0 unspecified atom stereocenters. The van der Waals surface area contributed by atoms with E-state index in [0.717, 1.165) is 5.56 Å². The molecule has 0 aliphatic carbocycles. The Balaban J connectivity index is 1.86. The predicted octanol–water partition coefficient (Wildman–Crippen LogP) is 4.63. The van der Waals surface area contributed by atoms with Gasteiger partial charge in [-0.05, 0) is 43.2 Å². The van der Waals surface area contributed by atoms with Crippen LogP contribution in [0.15, 0.2) is 54.7 Å². The molecule has 0 amide bonds. The van der Waals surface area contributed by atoms with Gasteiger partial charge in [-0.1, -0.05) is 30.3 Å². The highest BCUT2D eigenvalue weighted by molar-refractivity contribution is 7.92. The third-order valence-electron chi connectivity index (χ3n) is 4.90. The van der Waals surface area contributed by atoms with Crippen LogP contribution in [-0.2, 0) is 22.7 Å². The zero-order valence-corrected chi connectivity index (χ0v) is 19.3. The van der Waals surface area contributed by atoms with Crippen LogP contribution < -0.4 is 21.1 Å². The van der Waals surface area contributed by atoms with Gasteiger partial charge in [0.2, 0.25) is 16.0 Å². The molecule has 0 spiro atoms. The van der Waals surface area contributed by atoms with Crippen LogP contribution in [-0.4, -0.2) is 24.1 Å². The van der Waals surface area contributed by atoms with Crippen molar-refractivity contribution in [3.63, 3.8) is 0 Å². The van der Waals surface area contributed by atoms with Gasteiger partial charge in [-0.25, -0.2) is 13.4 Å². The topological polar surface area (TPSA) is 122 Å². The molecule has 1 heterocycles. The maximum Gasteiger partial charge on any atom is 0.421 e. The zero-order valence-electron chi connectivity index (χ0n) is 18.5. The summed E-state index contributed by atoms with van der Waals surface area (Å²) >= 11 is 0. The number of halogens is 3. The fraction of sp³-hybridized carbons (Fsp3) is 0.273. The minimum absolute atomic E-state index is 0.0379. The van der Waals surface area contributed by atoms with Crippen LogP contribution in [0.4, 0.5) is 36.3 Å². The molecule has 3 rings (SSSR count). The van der Waals surface area contributed by atoms with E-state index < -0.39 is 27.6 Å². The highest BCUT2D eigenvalue weighted by atomic mass is 32.2. The van der Waals surface area contributed by atoms with Gasteiger partial charge in [0.1, 0.15) is 11.4 Å². The number of sulfonamides is 1. The van der Waals surface area contributed by atoms with Crippen molar-refractivity contribution in [1.82, 2.24) is 9.97 Å². The second kappa shape index (κ2) is 10.3. The molecule has 34 heavy (non-hydrogen) atoms. The monoisotopic (exact) mass is 494 g/mol. The van der Waals surface area contributed by atoms with Gasteiger partial charge in [0.05, 0.1) is 11.4 Å². The van der Waals surface area contributed by atoms with Crippen molar-refractivity contribution in [2.24, 2.45) is 5.73 Å². The van der Waals surface area contributed by atoms with Crippen molar-refractivity contribution < 1.29 is 21.6 Å². The number of rotatable bonds is 9. The molecule has 12 heteroatoms. The molecule has 1 aromatic heterocycles. The van der Waals surface area contributed by atoms with Gasteiger partial charge in [0.15, 0.2) is 0 Å². The average Bonchev–Trinajstić information content (AvgIpc) is 2.78. The predicted molar refractivity (Wildman–Crippen MR) is 126 cm³/mol. The summed E-state index contributed by atoms with van der Waals surface area (Å²) in [5, 5.41) is 5.54. The van der Waals surface area contributed by atoms with Crippen molar-refractivity contribution in [1.29, 1.82) is 0 Å². The second-order valence-electron chi connectivity index (χ2n) is 7.51. The molecular weight excluding hydrogens is 469 g/mol. The third kappa shape index (κ3) is 6.58. The summed E-state index contributed by atoms with van der Waals surface area (Å²) in [6.07, 6.45) is -4.00. The first-order valence-corrected chi connectivity index (χ1v) is 12.0. The summed E-state index contributed by atoms with van der Waals surface area (Å²) in [5.74, 6) is -0.617. The minimum Gasteiger partial charge on any atom is -0.365 e. The standard InChI is InChI=1S/C22H25F3N6O2S/c1-3-34(32,33)31-19-7-5-4-6-16(19)12-27-20-18(22(23,24)25)13-28-21(30-20)29-17-10-8-15(9-11-17)14(2)26/h4-11,13-14,31H,3,12,26H2,1-2H3,(H2,27,28,29,30)/t14-/m0/s1. The Labute approximate surface area is 195 Å². The molecule has 0 radical (unpaired) electrons. The lowest BCUT2D eigenvalue weighted by atomic mass is 10.1. The number of anilines is 4. The molecule has 0 fully saturated rings. The smallest absolute Gasteiger partial charge is 0.365 e. The number of nitrogens with zero attached hydrogens (tertiary/aromatic N) is 2. The Morgan fingerprint density at radius 1 is 1.09 bits per heavy atom. The van der Waals surface area contributed by atoms with Crippen LogP contribution in [0.3, 0.4) is 0 Å². The third-order valence-corrected chi connectivity index (χ3v) is 6.19. The van der Waals surface area contributed by atoms with E-state index in [4.69, 9.17) is 5.73 Å². The zero-order chi connectivity index (χ0) is 24.9. The van der Waals surface area contributed by atoms with Gasteiger partial charge in [-0.2, -0.15) is 18.2 Å². The normalized spacial score (nSPS) is 12.8. The molecule has 0 saturated carbocycles. The molecule has 0 aliphatic rings. The minimum atomic E-state index is -4.69. The van der Waals surface area contributed by atoms with Gasteiger partial charge in [0, 0.05) is 24.5 Å². The van der Waals surface area contributed by atoms with E-state index in [2.05, 4.69) is 25.3 Å². The quantitative estimate of drug-likeness (QED) is 0.342. The van der Waals surface area contributed by atoms with Crippen LogP contribution in [0.5, 0.6) is 0 Å². The molecule has 8 nitrogen and oxygen atoms in total. The van der Waals surface area contributed by atoms with Crippen LogP contribution in [0.25, 0.3) is 0 Å². The number of para-hydroxylation sites is 1. The Morgan fingerprint density at radius 3 is 2.38 bits per heavy atom. The summed E-state index contributed by atoms with van der Waals surface area (Å²) in [6, 6.07) is 13.3. The largest absolute Gasteiger partial charge is 0.421 e. The highest BCUT2D eigenvalue weighted by Gasteiger charge is 2.35. The van der Waals surface area contributed by atoms with E-state index in [1.165, 1.54) is 13.0 Å². The molecule has 0 bridgehead atoms. The van der Waals surface area contributed by atoms with Crippen LogP contribution >= 0.6 is 0 Å². The van der Waals surface area contributed by atoms with E-state index in [9.17, 15) is 21.6 Å². The summed E-state index contributed by atoms with van der Waals surface area (Å²) in [4.78, 5) is 7.80. The number of alkyl halides is 3. The fourth-order valence-electron chi connectivity index (χ4n) is 2.98. The Morgan fingerprint density at radius 2 is 1.76 bits per heavy atom. The highest BCUT2D eigenvalue weighted by Crippen LogP contribution is 2.34. The van der Waals surface area contributed by atoms with Crippen molar-refractivity contribution in [3.8, 4) is 0 Å². The number of hydrogen-bond acceptors (Lipinski definition) is 7. The Hall–Kier alpha value is -3.38. The van der Waals surface area contributed by atoms with Gasteiger partial charge < -0.3 is 16.4 Å². The van der Waals surface area contributed by atoms with Gasteiger partial charge in [0.25, 0.3) is 0 Å². The summed E-state index contributed by atoms with van der Waals surface area (Å²) in [5.41, 5.74) is 6.99. The van der Waals surface area contributed by atoms with Crippen LogP contribution in [0, 0.1) is 0 Å². The molecule has 0 aliphatic heterocycles. The number of hydrogen-bond donors (Lipinski definition) is 4. The maximum atomic E-state index is 13.6. The summed E-state index contributed by atoms with van der Waals surface area (Å²) in [6.45, 7) is 3.22. The lowest BCUT2D eigenvalue weighted by Crippen LogP contribution is -2.17. The molecule has 5 N–H and O–H groups in total. The maximum absolute atomic E-state index is 13.6. The number of aromatic nitrogens is 2. The van der Waals surface area contributed by atoms with Crippen molar-refractivity contribution in [3.05, 3.63) is 71.4 Å². The van der Waals surface area contributed by atoms with Crippen molar-refractivity contribution in [2.75, 3.05) is 21.1 Å². The molecule has 3 aromatic rings. The number of nitrogens with two attached hydrogens (primary N) is 1. The van der Waals surface area contributed by atoms with E-state index >= 15 is 0 Å². The Bertz CT molecular complexity index is 1230. The number of benzene rings is 2. The number of nitrogens with one attached hydrogen (secondary N) is 3. The second-order valence-corrected chi connectivity index (χ2v) is 9.52. The van der Waals surface area contributed by atoms with E-state index in [1.54, 1.807) is 42.5 Å². The Kier molecular flexibility index (Phi) is 7.62. The SMILES string of the molecule is CCS(=O)(=O)Nc1ccccc1CNc1nc(Nc2ccc([C@H](C)N)cc2)ncc1C(F)(F)F. The molecule has 182 valence electrons. The van der Waals surface area contributed by atoms with Crippen LogP contribution in [0.2, 0.25) is 0 Å². The molecular formula is C22H25F3N6O2S. The van der Waals surface area contributed by atoms with Crippen LogP contribution in [0.1, 0.15) is 36.6 Å².